The van der Waals surface area contributed by atoms with Gasteiger partial charge < -0.3 is 9.47 Å². The van der Waals surface area contributed by atoms with Crippen molar-refractivity contribution in [1.29, 1.82) is 0 Å². The van der Waals surface area contributed by atoms with Crippen molar-refractivity contribution < 1.29 is 9.47 Å². The standard InChI is InChI=1S/C17H16N4O2S/c1-22-14-8-9-15(23-2)13(10-14)11-18-21-16(19-20-17(21)24)12-6-4-3-5-7-12/h3-11,16H,1-2H3. The van der Waals surface area contributed by atoms with E-state index in [0.29, 0.717) is 10.9 Å². The topological polar surface area (TPSA) is 58.8 Å². The van der Waals surface area contributed by atoms with Gasteiger partial charge in [-0.2, -0.15) is 10.2 Å². The summed E-state index contributed by atoms with van der Waals surface area (Å²) in [6, 6.07) is 15.3. The molecule has 7 heteroatoms. The van der Waals surface area contributed by atoms with Crippen LogP contribution in [-0.4, -0.2) is 30.6 Å². The van der Waals surface area contributed by atoms with Crippen molar-refractivity contribution in [2.24, 2.45) is 15.3 Å². The molecule has 0 radical (unpaired) electrons. The molecule has 6 nitrogen and oxygen atoms in total. The number of benzene rings is 2. The number of azo groups is 1. The molecule has 0 saturated heterocycles. The highest BCUT2D eigenvalue weighted by Crippen LogP contribution is 2.29. The van der Waals surface area contributed by atoms with Gasteiger partial charge in [0.25, 0.3) is 0 Å². The Kier molecular flexibility index (Phi) is 4.81. The third-order valence-corrected chi connectivity index (χ3v) is 3.80. The Balaban J connectivity index is 1.89. The van der Waals surface area contributed by atoms with E-state index in [-0.39, 0.29) is 6.17 Å². The van der Waals surface area contributed by atoms with Crippen LogP contribution in [0.5, 0.6) is 11.5 Å². The van der Waals surface area contributed by atoms with Crippen LogP contribution in [-0.2, 0) is 0 Å². The average Bonchev–Trinajstić information content (AvgIpc) is 3.01. The van der Waals surface area contributed by atoms with Gasteiger partial charge in [-0.05, 0) is 30.4 Å². The number of rotatable bonds is 5. The molecule has 1 unspecified atom stereocenters. The largest absolute Gasteiger partial charge is 0.497 e. The minimum absolute atomic E-state index is 0.321. The number of hydrogen-bond acceptors (Lipinski definition) is 5. The van der Waals surface area contributed by atoms with E-state index in [1.165, 1.54) is 0 Å². The van der Waals surface area contributed by atoms with E-state index in [4.69, 9.17) is 21.7 Å². The summed E-state index contributed by atoms with van der Waals surface area (Å²) in [6.45, 7) is 0. The lowest BCUT2D eigenvalue weighted by atomic mass is 10.2. The van der Waals surface area contributed by atoms with Gasteiger partial charge >= 0.3 is 0 Å². The summed E-state index contributed by atoms with van der Waals surface area (Å²) < 4.78 is 10.6. The number of nitrogens with zero attached hydrogens (tertiary/aromatic N) is 4. The van der Waals surface area contributed by atoms with Gasteiger partial charge in [0.15, 0.2) is 6.17 Å². The van der Waals surface area contributed by atoms with Gasteiger partial charge in [0, 0.05) is 11.1 Å². The Bertz CT molecular complexity index is 792. The van der Waals surface area contributed by atoms with Crippen molar-refractivity contribution in [2.75, 3.05) is 14.2 Å². The molecule has 0 aromatic heterocycles. The first kappa shape index (κ1) is 16.1. The molecule has 0 aliphatic carbocycles. The summed E-state index contributed by atoms with van der Waals surface area (Å²) in [6.07, 6.45) is 1.31. The van der Waals surface area contributed by atoms with E-state index in [9.17, 15) is 0 Å². The first-order chi connectivity index (χ1) is 11.7. The van der Waals surface area contributed by atoms with Gasteiger partial charge in [0.1, 0.15) is 11.5 Å². The third kappa shape index (κ3) is 3.26. The van der Waals surface area contributed by atoms with Crippen molar-refractivity contribution in [3.05, 3.63) is 59.7 Å². The fraction of sp³-hybridized carbons (Fsp3) is 0.176. The molecule has 0 bridgehead atoms. The zero-order valence-electron chi connectivity index (χ0n) is 13.3. The summed E-state index contributed by atoms with van der Waals surface area (Å²) in [4.78, 5) is 0. The second-order valence-corrected chi connectivity index (χ2v) is 5.34. The monoisotopic (exact) mass is 340 g/mol. The molecule has 122 valence electrons. The average molecular weight is 340 g/mol. The molecule has 1 aliphatic rings. The van der Waals surface area contributed by atoms with E-state index in [1.807, 2.05) is 48.5 Å². The SMILES string of the molecule is COc1ccc(OC)c(C=NN2C(=S)N=NC2c2ccccc2)c1. The number of methoxy groups -OCH3 is 2. The maximum absolute atomic E-state index is 5.35. The smallest absolute Gasteiger partial charge is 0.238 e. The number of hydrogen-bond donors (Lipinski definition) is 0. The molecule has 1 heterocycles. The Morgan fingerprint density at radius 1 is 1.12 bits per heavy atom. The Hall–Kier alpha value is -2.80. The van der Waals surface area contributed by atoms with Gasteiger partial charge in [-0.25, -0.2) is 5.01 Å². The van der Waals surface area contributed by atoms with Crippen LogP contribution in [0.3, 0.4) is 0 Å². The molecule has 0 N–H and O–H groups in total. The van der Waals surface area contributed by atoms with Crippen LogP contribution < -0.4 is 9.47 Å². The molecular formula is C17H16N4O2S. The van der Waals surface area contributed by atoms with Gasteiger partial charge in [0.05, 0.1) is 20.4 Å². The predicted molar refractivity (Wildman–Crippen MR) is 95.6 cm³/mol. The van der Waals surface area contributed by atoms with Crippen LogP contribution in [0.2, 0.25) is 0 Å². The van der Waals surface area contributed by atoms with E-state index in [1.54, 1.807) is 25.4 Å². The second kappa shape index (κ2) is 7.18. The summed E-state index contributed by atoms with van der Waals surface area (Å²) in [5, 5.41) is 14.6. The van der Waals surface area contributed by atoms with Crippen LogP contribution in [0.4, 0.5) is 0 Å². The summed E-state index contributed by atoms with van der Waals surface area (Å²) >= 11 is 5.24. The molecule has 1 atom stereocenters. The summed E-state index contributed by atoms with van der Waals surface area (Å²) in [5.41, 5.74) is 1.74. The fourth-order valence-electron chi connectivity index (χ4n) is 2.31. The van der Waals surface area contributed by atoms with Crippen molar-refractivity contribution >= 4 is 23.5 Å². The zero-order chi connectivity index (χ0) is 16.9. The number of thiocarbonyl (C=S) groups is 1. The molecule has 0 fully saturated rings. The van der Waals surface area contributed by atoms with Gasteiger partial charge in [-0.1, -0.05) is 30.3 Å². The molecule has 3 rings (SSSR count). The quantitative estimate of drug-likeness (QED) is 0.614. The number of hydrazone groups is 1. The van der Waals surface area contributed by atoms with Crippen molar-refractivity contribution in [3.63, 3.8) is 0 Å². The lowest BCUT2D eigenvalue weighted by Crippen LogP contribution is -2.21. The fourth-order valence-corrected chi connectivity index (χ4v) is 2.51. The minimum Gasteiger partial charge on any atom is -0.497 e. The highest BCUT2D eigenvalue weighted by atomic mass is 32.1. The molecule has 0 amide bonds. The molecular weight excluding hydrogens is 324 g/mol. The minimum atomic E-state index is -0.355. The highest BCUT2D eigenvalue weighted by Gasteiger charge is 2.27. The van der Waals surface area contributed by atoms with Gasteiger partial charge in [0.2, 0.25) is 5.11 Å². The van der Waals surface area contributed by atoms with E-state index in [0.717, 1.165) is 16.9 Å². The second-order valence-electron chi connectivity index (χ2n) is 4.98. The van der Waals surface area contributed by atoms with E-state index in [2.05, 4.69) is 15.3 Å². The van der Waals surface area contributed by atoms with E-state index >= 15 is 0 Å². The molecule has 1 aliphatic heterocycles. The molecule has 0 spiro atoms. The van der Waals surface area contributed by atoms with Crippen LogP contribution in [0.1, 0.15) is 17.3 Å². The lowest BCUT2D eigenvalue weighted by Gasteiger charge is -2.17. The molecule has 24 heavy (non-hydrogen) atoms. The van der Waals surface area contributed by atoms with Crippen molar-refractivity contribution in [2.45, 2.75) is 6.17 Å². The Labute approximate surface area is 145 Å². The molecule has 0 saturated carbocycles. The normalized spacial score (nSPS) is 16.8. The van der Waals surface area contributed by atoms with Crippen LogP contribution in [0.25, 0.3) is 0 Å². The highest BCUT2D eigenvalue weighted by molar-refractivity contribution is 7.80. The van der Waals surface area contributed by atoms with Gasteiger partial charge in [-0.15, -0.1) is 5.11 Å². The molecule has 2 aromatic rings. The first-order valence-electron chi connectivity index (χ1n) is 7.28. The maximum Gasteiger partial charge on any atom is 0.238 e. The van der Waals surface area contributed by atoms with Crippen molar-refractivity contribution in [3.8, 4) is 11.5 Å². The van der Waals surface area contributed by atoms with Crippen LogP contribution >= 0.6 is 12.2 Å². The van der Waals surface area contributed by atoms with E-state index < -0.39 is 0 Å². The Morgan fingerprint density at radius 2 is 1.92 bits per heavy atom. The molecule has 2 aromatic carbocycles. The maximum atomic E-state index is 5.35. The summed E-state index contributed by atoms with van der Waals surface area (Å²) in [7, 11) is 3.22. The van der Waals surface area contributed by atoms with Gasteiger partial charge in [-0.3, -0.25) is 0 Å². The lowest BCUT2D eigenvalue weighted by molar-refractivity contribution is 0.367. The zero-order valence-corrected chi connectivity index (χ0v) is 14.1. The van der Waals surface area contributed by atoms with Crippen LogP contribution in [0, 0.1) is 0 Å². The first-order valence-corrected chi connectivity index (χ1v) is 7.68. The third-order valence-electron chi connectivity index (χ3n) is 3.54. The summed E-state index contributed by atoms with van der Waals surface area (Å²) in [5.74, 6) is 1.41. The number of ether oxygens (including phenoxy) is 2. The van der Waals surface area contributed by atoms with Crippen LogP contribution in [0.15, 0.2) is 63.9 Å². The van der Waals surface area contributed by atoms with Crippen molar-refractivity contribution in [1.82, 2.24) is 5.01 Å². The Morgan fingerprint density at radius 3 is 2.62 bits per heavy atom. The predicted octanol–water partition coefficient (Wildman–Crippen LogP) is 3.79.